The van der Waals surface area contributed by atoms with E-state index in [1.54, 1.807) is 0 Å². The van der Waals surface area contributed by atoms with Crippen molar-refractivity contribution in [2.75, 3.05) is 0 Å². The van der Waals surface area contributed by atoms with Crippen LogP contribution >= 0.6 is 11.6 Å². The van der Waals surface area contributed by atoms with Gasteiger partial charge in [-0.25, -0.2) is 0 Å². The molecule has 0 radical (unpaired) electrons. The molecule has 2 aliphatic rings. The second kappa shape index (κ2) is 6.13. The quantitative estimate of drug-likeness (QED) is 0.545. The fraction of sp³-hybridized carbons (Fsp3) is 1.00. The maximum Gasteiger partial charge on any atom is 0.0367 e. The van der Waals surface area contributed by atoms with Gasteiger partial charge in [-0.05, 0) is 24.7 Å². The summed E-state index contributed by atoms with van der Waals surface area (Å²) in [7, 11) is 0. The van der Waals surface area contributed by atoms with E-state index in [2.05, 4.69) is 0 Å². The molecule has 0 heterocycles. The van der Waals surface area contributed by atoms with Crippen LogP contribution in [0.3, 0.4) is 0 Å². The summed E-state index contributed by atoms with van der Waals surface area (Å²) in [5, 5.41) is 0.526. The van der Waals surface area contributed by atoms with Crippen LogP contribution in [0.25, 0.3) is 0 Å². The molecule has 0 aromatic heterocycles. The van der Waals surface area contributed by atoms with Gasteiger partial charge in [0, 0.05) is 5.38 Å². The lowest BCUT2D eigenvalue weighted by atomic mass is 9.71. The Balaban J connectivity index is 1.78. The minimum atomic E-state index is 0.526. The molecule has 0 nitrogen and oxygen atoms in total. The topological polar surface area (TPSA) is 0 Å². The van der Waals surface area contributed by atoms with Gasteiger partial charge in [0.2, 0.25) is 0 Å². The lowest BCUT2D eigenvalue weighted by molar-refractivity contribution is 0.182. The Labute approximate surface area is 99.8 Å². The number of hydrogen-bond donors (Lipinski definition) is 0. The Hall–Kier alpha value is 0.290. The highest BCUT2D eigenvalue weighted by atomic mass is 35.5. The molecule has 0 saturated heterocycles. The third-order valence-corrected chi connectivity index (χ3v) is 5.04. The first-order valence-electron chi connectivity index (χ1n) is 7.02. The predicted octanol–water partition coefficient (Wildman–Crippen LogP) is 5.14. The average molecular weight is 229 g/mol. The molecule has 2 atom stereocenters. The van der Waals surface area contributed by atoms with Crippen molar-refractivity contribution in [2.24, 2.45) is 11.8 Å². The molecule has 0 aromatic carbocycles. The summed E-state index contributed by atoms with van der Waals surface area (Å²) in [5.74, 6) is 1.85. The van der Waals surface area contributed by atoms with E-state index < -0.39 is 0 Å². The summed E-state index contributed by atoms with van der Waals surface area (Å²) in [5.41, 5.74) is 0. The molecule has 0 aliphatic heterocycles. The fourth-order valence-electron chi connectivity index (χ4n) is 3.29. The zero-order valence-corrected chi connectivity index (χ0v) is 10.6. The Morgan fingerprint density at radius 2 is 1.13 bits per heavy atom. The first-order valence-corrected chi connectivity index (χ1v) is 7.45. The van der Waals surface area contributed by atoms with Crippen LogP contribution in [-0.4, -0.2) is 5.38 Å². The minimum absolute atomic E-state index is 0.526. The molecular weight excluding hydrogens is 204 g/mol. The Bertz CT molecular complexity index is 168. The summed E-state index contributed by atoms with van der Waals surface area (Å²) in [4.78, 5) is 0. The van der Waals surface area contributed by atoms with Gasteiger partial charge < -0.3 is 0 Å². The van der Waals surface area contributed by atoms with E-state index in [1.165, 1.54) is 70.6 Å². The molecule has 2 rings (SSSR count). The second-order valence-electron chi connectivity index (χ2n) is 5.57. The Morgan fingerprint density at radius 1 is 0.600 bits per heavy atom. The van der Waals surface area contributed by atoms with E-state index >= 15 is 0 Å². The summed E-state index contributed by atoms with van der Waals surface area (Å²) in [6.45, 7) is 0. The molecule has 0 bridgehead atoms. The van der Waals surface area contributed by atoms with Crippen molar-refractivity contribution < 1.29 is 0 Å². The van der Waals surface area contributed by atoms with E-state index in [9.17, 15) is 0 Å². The van der Waals surface area contributed by atoms with E-state index in [4.69, 9.17) is 11.6 Å². The van der Waals surface area contributed by atoms with E-state index in [-0.39, 0.29) is 0 Å². The van der Waals surface area contributed by atoms with Crippen molar-refractivity contribution in [3.63, 3.8) is 0 Å². The van der Waals surface area contributed by atoms with Crippen molar-refractivity contribution in [2.45, 2.75) is 76.0 Å². The van der Waals surface area contributed by atoms with Gasteiger partial charge in [0.25, 0.3) is 0 Å². The van der Waals surface area contributed by atoms with Crippen LogP contribution < -0.4 is 0 Å². The standard InChI is InChI=1S/C14H25Cl/c15-14-11-10-13(14)12-8-6-4-2-1-3-5-7-9-12/h12-14H,1-11H2. The Morgan fingerprint density at radius 3 is 1.53 bits per heavy atom. The Kier molecular flexibility index (Phi) is 4.81. The smallest absolute Gasteiger partial charge is 0.0367 e. The van der Waals surface area contributed by atoms with Crippen molar-refractivity contribution in [3.8, 4) is 0 Å². The van der Waals surface area contributed by atoms with Gasteiger partial charge in [0.1, 0.15) is 0 Å². The molecule has 0 aromatic rings. The molecule has 0 spiro atoms. The van der Waals surface area contributed by atoms with Crippen molar-refractivity contribution in [3.05, 3.63) is 0 Å². The van der Waals surface area contributed by atoms with Crippen molar-refractivity contribution in [1.82, 2.24) is 0 Å². The minimum Gasteiger partial charge on any atom is -0.123 e. The SMILES string of the molecule is ClC1CCC1C1CCCCCCCCC1. The van der Waals surface area contributed by atoms with Crippen molar-refractivity contribution >= 4 is 11.6 Å². The van der Waals surface area contributed by atoms with Crippen LogP contribution in [0.15, 0.2) is 0 Å². The van der Waals surface area contributed by atoms with Gasteiger partial charge in [-0.1, -0.05) is 57.8 Å². The van der Waals surface area contributed by atoms with Gasteiger partial charge in [-0.3, -0.25) is 0 Å². The van der Waals surface area contributed by atoms with Gasteiger partial charge in [-0.2, -0.15) is 0 Å². The van der Waals surface area contributed by atoms with Gasteiger partial charge >= 0.3 is 0 Å². The molecule has 2 saturated carbocycles. The van der Waals surface area contributed by atoms with Gasteiger partial charge in [0.05, 0.1) is 0 Å². The van der Waals surface area contributed by atoms with Crippen LogP contribution in [0.2, 0.25) is 0 Å². The second-order valence-corrected chi connectivity index (χ2v) is 6.13. The molecule has 2 unspecified atom stereocenters. The number of hydrogen-bond acceptors (Lipinski definition) is 0. The maximum atomic E-state index is 6.32. The average Bonchev–Trinajstić information content (AvgIpc) is 2.25. The third kappa shape index (κ3) is 3.37. The highest BCUT2D eigenvalue weighted by Gasteiger charge is 2.34. The molecule has 0 amide bonds. The fourth-order valence-corrected chi connectivity index (χ4v) is 3.74. The number of alkyl halides is 1. The largest absolute Gasteiger partial charge is 0.123 e. The summed E-state index contributed by atoms with van der Waals surface area (Å²) in [6.07, 6.45) is 15.9. The molecule has 88 valence electrons. The molecule has 2 aliphatic carbocycles. The first kappa shape index (κ1) is 11.8. The van der Waals surface area contributed by atoms with E-state index in [0.29, 0.717) is 5.38 Å². The molecule has 2 fully saturated rings. The lowest BCUT2D eigenvalue weighted by Crippen LogP contribution is -2.33. The molecule has 1 heteroatoms. The predicted molar refractivity (Wildman–Crippen MR) is 67.4 cm³/mol. The van der Waals surface area contributed by atoms with Gasteiger partial charge in [-0.15, -0.1) is 11.6 Å². The highest BCUT2D eigenvalue weighted by molar-refractivity contribution is 6.21. The highest BCUT2D eigenvalue weighted by Crippen LogP contribution is 2.42. The van der Waals surface area contributed by atoms with Crippen LogP contribution in [0, 0.1) is 11.8 Å². The molecule has 15 heavy (non-hydrogen) atoms. The summed E-state index contributed by atoms with van der Waals surface area (Å²) >= 11 is 6.32. The van der Waals surface area contributed by atoms with E-state index in [1.807, 2.05) is 0 Å². The zero-order valence-electron chi connectivity index (χ0n) is 9.89. The number of rotatable bonds is 1. The zero-order chi connectivity index (χ0) is 10.5. The molecular formula is C14H25Cl. The maximum absolute atomic E-state index is 6.32. The van der Waals surface area contributed by atoms with Crippen LogP contribution in [0.4, 0.5) is 0 Å². The van der Waals surface area contributed by atoms with Crippen molar-refractivity contribution in [1.29, 1.82) is 0 Å². The van der Waals surface area contributed by atoms with Gasteiger partial charge in [0.15, 0.2) is 0 Å². The number of halogens is 1. The van der Waals surface area contributed by atoms with Crippen LogP contribution in [-0.2, 0) is 0 Å². The summed E-state index contributed by atoms with van der Waals surface area (Å²) < 4.78 is 0. The van der Waals surface area contributed by atoms with Crippen LogP contribution in [0.1, 0.15) is 70.6 Å². The third-order valence-electron chi connectivity index (χ3n) is 4.50. The monoisotopic (exact) mass is 228 g/mol. The van der Waals surface area contributed by atoms with E-state index in [0.717, 1.165) is 11.8 Å². The lowest BCUT2D eigenvalue weighted by Gasteiger charge is -2.39. The normalized spacial score (nSPS) is 35.8. The molecule has 0 N–H and O–H groups in total. The van der Waals surface area contributed by atoms with Crippen LogP contribution in [0.5, 0.6) is 0 Å². The summed E-state index contributed by atoms with van der Waals surface area (Å²) in [6, 6.07) is 0. The first-order chi connectivity index (χ1) is 7.38.